The van der Waals surface area contributed by atoms with Gasteiger partial charge in [-0.1, -0.05) is 30.3 Å². The highest BCUT2D eigenvalue weighted by molar-refractivity contribution is 8.01. The molecule has 28 heavy (non-hydrogen) atoms. The second-order valence-corrected chi connectivity index (χ2v) is 7.90. The third kappa shape index (κ3) is 5.84. The van der Waals surface area contributed by atoms with E-state index in [1.54, 1.807) is 20.8 Å². The van der Waals surface area contributed by atoms with Crippen LogP contribution in [0.25, 0.3) is 11.1 Å². The highest BCUT2D eigenvalue weighted by atomic mass is 32.2. The Morgan fingerprint density at radius 2 is 1.79 bits per heavy atom. The molecule has 0 fully saturated rings. The largest absolute Gasteiger partial charge is 0.465 e. The van der Waals surface area contributed by atoms with E-state index in [-0.39, 0.29) is 24.2 Å². The van der Waals surface area contributed by atoms with Crippen LogP contribution in [-0.2, 0) is 19.1 Å². The molecule has 0 saturated heterocycles. The van der Waals surface area contributed by atoms with E-state index in [1.807, 2.05) is 35.7 Å². The Morgan fingerprint density at radius 3 is 2.43 bits per heavy atom. The number of ether oxygens (including phenoxy) is 2. The highest BCUT2D eigenvalue weighted by Crippen LogP contribution is 2.36. The topological polar surface area (TPSA) is 81.7 Å². The summed E-state index contributed by atoms with van der Waals surface area (Å²) < 4.78 is 10.1. The zero-order chi connectivity index (χ0) is 20.5. The molecule has 0 saturated carbocycles. The fourth-order valence-electron chi connectivity index (χ4n) is 2.37. The van der Waals surface area contributed by atoms with Gasteiger partial charge in [0.1, 0.15) is 10.6 Å². The molecule has 6 nitrogen and oxygen atoms in total. The van der Waals surface area contributed by atoms with Gasteiger partial charge in [0.2, 0.25) is 5.91 Å². The minimum Gasteiger partial charge on any atom is -0.465 e. The lowest BCUT2D eigenvalue weighted by atomic mass is 10.0. The molecule has 0 bridgehead atoms. The van der Waals surface area contributed by atoms with Gasteiger partial charge in [0.15, 0.2) is 0 Å². The number of thioether (sulfide) groups is 1. The first-order chi connectivity index (χ1) is 13.5. The van der Waals surface area contributed by atoms with E-state index in [0.717, 1.165) is 5.56 Å². The van der Waals surface area contributed by atoms with E-state index in [0.29, 0.717) is 22.7 Å². The van der Waals surface area contributed by atoms with Gasteiger partial charge in [-0.05, 0) is 26.3 Å². The van der Waals surface area contributed by atoms with E-state index in [9.17, 15) is 14.4 Å². The van der Waals surface area contributed by atoms with Crippen molar-refractivity contribution in [3.8, 4) is 11.1 Å². The fourth-order valence-corrected chi connectivity index (χ4v) is 4.01. The number of carbonyl (C=O) groups excluding carboxylic acids is 3. The minimum absolute atomic E-state index is 0.0901. The van der Waals surface area contributed by atoms with Crippen LogP contribution < -0.4 is 5.32 Å². The quantitative estimate of drug-likeness (QED) is 0.611. The van der Waals surface area contributed by atoms with E-state index < -0.39 is 11.2 Å². The third-order valence-electron chi connectivity index (χ3n) is 3.72. The van der Waals surface area contributed by atoms with Gasteiger partial charge >= 0.3 is 11.9 Å². The van der Waals surface area contributed by atoms with Crippen LogP contribution >= 0.6 is 23.1 Å². The molecule has 0 spiro atoms. The zero-order valence-electron chi connectivity index (χ0n) is 16.0. The summed E-state index contributed by atoms with van der Waals surface area (Å²) in [5, 5.41) is 4.58. The number of benzene rings is 1. The summed E-state index contributed by atoms with van der Waals surface area (Å²) in [6.07, 6.45) is 0. The van der Waals surface area contributed by atoms with E-state index in [4.69, 9.17) is 9.47 Å². The molecule has 8 heteroatoms. The lowest BCUT2D eigenvalue weighted by molar-refractivity contribution is -0.139. The molecule has 1 atom stereocenters. The Kier molecular flexibility index (Phi) is 8.53. The highest BCUT2D eigenvalue weighted by Gasteiger charge is 2.24. The van der Waals surface area contributed by atoms with Crippen molar-refractivity contribution >= 4 is 45.9 Å². The lowest BCUT2D eigenvalue weighted by Gasteiger charge is -2.12. The molecule has 0 radical (unpaired) electrons. The maximum Gasteiger partial charge on any atom is 0.341 e. The van der Waals surface area contributed by atoms with Crippen molar-refractivity contribution in [1.82, 2.24) is 0 Å². The normalized spacial score (nSPS) is 11.5. The Bertz CT molecular complexity index is 819. The predicted octanol–water partition coefficient (Wildman–Crippen LogP) is 4.22. The van der Waals surface area contributed by atoms with Crippen LogP contribution in [0.4, 0.5) is 5.00 Å². The van der Waals surface area contributed by atoms with Crippen LogP contribution in [0.15, 0.2) is 35.7 Å². The average Bonchev–Trinajstić information content (AvgIpc) is 3.10. The Morgan fingerprint density at radius 1 is 1.11 bits per heavy atom. The van der Waals surface area contributed by atoms with Gasteiger partial charge in [-0.3, -0.25) is 9.59 Å². The van der Waals surface area contributed by atoms with Crippen LogP contribution in [0.3, 0.4) is 0 Å². The van der Waals surface area contributed by atoms with Gasteiger partial charge in [-0.15, -0.1) is 23.1 Å². The number of carbonyl (C=O) groups is 3. The second kappa shape index (κ2) is 10.9. The predicted molar refractivity (Wildman–Crippen MR) is 113 cm³/mol. The van der Waals surface area contributed by atoms with Gasteiger partial charge in [0.05, 0.1) is 24.2 Å². The summed E-state index contributed by atoms with van der Waals surface area (Å²) in [7, 11) is 0. The van der Waals surface area contributed by atoms with Crippen molar-refractivity contribution in [2.45, 2.75) is 26.0 Å². The second-order valence-electron chi connectivity index (χ2n) is 5.69. The standard InChI is InChI=1S/C20H23NO5S2/c1-4-25-16(22)12-27-13(3)18(23)21-19-17(20(24)26-5-2)15(11-28-19)14-9-7-6-8-10-14/h6-11,13H,4-5,12H2,1-3H3,(H,21,23). The molecular weight excluding hydrogens is 398 g/mol. The molecule has 1 amide bonds. The van der Waals surface area contributed by atoms with Crippen LogP contribution in [0.1, 0.15) is 31.1 Å². The summed E-state index contributed by atoms with van der Waals surface area (Å²) in [6, 6.07) is 9.45. The monoisotopic (exact) mass is 421 g/mol. The Labute approximate surface area is 172 Å². The maximum atomic E-state index is 12.5. The molecule has 1 N–H and O–H groups in total. The first-order valence-corrected chi connectivity index (χ1v) is 10.8. The molecule has 1 heterocycles. The number of hydrogen-bond acceptors (Lipinski definition) is 7. The number of anilines is 1. The number of rotatable bonds is 9. The Hall–Kier alpha value is -2.32. The SMILES string of the molecule is CCOC(=O)CSC(C)C(=O)Nc1scc(-c2ccccc2)c1C(=O)OCC. The summed E-state index contributed by atoms with van der Waals surface area (Å²) in [5.74, 6) is -1.04. The van der Waals surface area contributed by atoms with Gasteiger partial charge in [-0.2, -0.15) is 0 Å². The van der Waals surface area contributed by atoms with E-state index in [1.165, 1.54) is 23.1 Å². The number of amides is 1. The van der Waals surface area contributed by atoms with Crippen LogP contribution in [0.2, 0.25) is 0 Å². The van der Waals surface area contributed by atoms with Crippen molar-refractivity contribution in [3.63, 3.8) is 0 Å². The molecule has 1 unspecified atom stereocenters. The van der Waals surface area contributed by atoms with Gasteiger partial charge in [0.25, 0.3) is 0 Å². The minimum atomic E-state index is -0.485. The van der Waals surface area contributed by atoms with Crippen LogP contribution in [0.5, 0.6) is 0 Å². The molecule has 150 valence electrons. The van der Waals surface area contributed by atoms with Gasteiger partial charge < -0.3 is 14.8 Å². The molecular formula is C20H23NO5S2. The molecule has 0 aliphatic heterocycles. The molecule has 1 aromatic heterocycles. The number of hydrogen-bond donors (Lipinski definition) is 1. The van der Waals surface area contributed by atoms with E-state index in [2.05, 4.69) is 5.32 Å². The van der Waals surface area contributed by atoms with E-state index >= 15 is 0 Å². The van der Waals surface area contributed by atoms with Crippen molar-refractivity contribution < 1.29 is 23.9 Å². The number of thiophene rings is 1. The molecule has 0 aliphatic carbocycles. The summed E-state index contributed by atoms with van der Waals surface area (Å²) in [5.41, 5.74) is 1.92. The fraction of sp³-hybridized carbons (Fsp3) is 0.350. The average molecular weight is 422 g/mol. The van der Waals surface area contributed by atoms with Crippen molar-refractivity contribution in [2.75, 3.05) is 24.3 Å². The van der Waals surface area contributed by atoms with Gasteiger partial charge in [0, 0.05) is 10.9 Å². The lowest BCUT2D eigenvalue weighted by Crippen LogP contribution is -2.24. The molecule has 0 aliphatic rings. The Balaban J connectivity index is 2.18. The molecule has 1 aromatic carbocycles. The van der Waals surface area contributed by atoms with Crippen molar-refractivity contribution in [2.24, 2.45) is 0 Å². The summed E-state index contributed by atoms with van der Waals surface area (Å²) in [6.45, 7) is 5.72. The van der Waals surface area contributed by atoms with Crippen LogP contribution in [0, 0.1) is 0 Å². The first-order valence-electron chi connectivity index (χ1n) is 8.90. The zero-order valence-corrected chi connectivity index (χ0v) is 17.7. The first kappa shape index (κ1) is 22.0. The maximum absolute atomic E-state index is 12.5. The summed E-state index contributed by atoms with van der Waals surface area (Å²) >= 11 is 2.45. The smallest absolute Gasteiger partial charge is 0.341 e. The van der Waals surface area contributed by atoms with Crippen LogP contribution in [-0.4, -0.2) is 42.1 Å². The van der Waals surface area contributed by atoms with Crippen molar-refractivity contribution in [1.29, 1.82) is 0 Å². The number of esters is 2. The third-order valence-corrected chi connectivity index (χ3v) is 5.73. The molecule has 2 aromatic rings. The van der Waals surface area contributed by atoms with Crippen molar-refractivity contribution in [3.05, 3.63) is 41.3 Å². The number of nitrogens with one attached hydrogen (secondary N) is 1. The summed E-state index contributed by atoms with van der Waals surface area (Å²) in [4.78, 5) is 36.5. The molecule has 2 rings (SSSR count). The van der Waals surface area contributed by atoms with Gasteiger partial charge in [-0.25, -0.2) is 4.79 Å².